The largest absolute Gasteiger partial charge is 0.399 e. The fourth-order valence-electron chi connectivity index (χ4n) is 2.12. The van der Waals surface area contributed by atoms with Crippen LogP contribution >= 0.6 is 0 Å². The predicted molar refractivity (Wildman–Crippen MR) is 78.4 cm³/mol. The molecule has 0 saturated heterocycles. The lowest BCUT2D eigenvalue weighted by molar-refractivity contribution is 0.627. The van der Waals surface area contributed by atoms with Crippen molar-refractivity contribution in [3.63, 3.8) is 0 Å². The SMILES string of the molecule is Cc1cc(F)cc(Nc2ncnc3ccc(N)cc23)c1. The molecule has 3 N–H and O–H groups in total. The van der Waals surface area contributed by atoms with Gasteiger partial charge in [-0.05, 0) is 48.9 Å². The van der Waals surface area contributed by atoms with Crippen molar-refractivity contribution in [2.24, 2.45) is 0 Å². The minimum absolute atomic E-state index is 0.287. The number of benzene rings is 2. The first-order chi connectivity index (χ1) is 9.61. The molecule has 2 aromatic carbocycles. The third-order valence-corrected chi connectivity index (χ3v) is 2.96. The first-order valence-electron chi connectivity index (χ1n) is 6.16. The summed E-state index contributed by atoms with van der Waals surface area (Å²) >= 11 is 0. The van der Waals surface area contributed by atoms with Gasteiger partial charge in [0.25, 0.3) is 0 Å². The minimum atomic E-state index is -0.287. The van der Waals surface area contributed by atoms with Gasteiger partial charge in [0.15, 0.2) is 0 Å². The average molecular weight is 268 g/mol. The van der Waals surface area contributed by atoms with E-state index in [1.807, 2.05) is 19.1 Å². The van der Waals surface area contributed by atoms with E-state index in [0.29, 0.717) is 17.2 Å². The molecule has 0 fully saturated rings. The number of nitrogens with zero attached hydrogens (tertiary/aromatic N) is 2. The Morgan fingerprint density at radius 2 is 1.95 bits per heavy atom. The first-order valence-corrected chi connectivity index (χ1v) is 6.16. The Hall–Kier alpha value is -2.69. The number of nitrogen functional groups attached to an aromatic ring is 1. The van der Waals surface area contributed by atoms with Crippen molar-refractivity contribution < 1.29 is 4.39 Å². The van der Waals surface area contributed by atoms with Crippen molar-refractivity contribution in [3.05, 3.63) is 54.1 Å². The lowest BCUT2D eigenvalue weighted by Gasteiger charge is -2.09. The van der Waals surface area contributed by atoms with E-state index < -0.39 is 0 Å². The summed E-state index contributed by atoms with van der Waals surface area (Å²) in [4.78, 5) is 8.38. The zero-order valence-corrected chi connectivity index (χ0v) is 10.9. The van der Waals surface area contributed by atoms with Gasteiger partial charge >= 0.3 is 0 Å². The predicted octanol–water partition coefficient (Wildman–Crippen LogP) is 3.40. The molecule has 0 aliphatic heterocycles. The Morgan fingerprint density at radius 3 is 2.75 bits per heavy atom. The molecule has 0 spiro atoms. The van der Waals surface area contributed by atoms with Gasteiger partial charge in [-0.15, -0.1) is 0 Å². The van der Waals surface area contributed by atoms with Crippen LogP contribution in [0, 0.1) is 12.7 Å². The first kappa shape index (κ1) is 12.3. The lowest BCUT2D eigenvalue weighted by Crippen LogP contribution is -1.97. The zero-order valence-electron chi connectivity index (χ0n) is 10.9. The van der Waals surface area contributed by atoms with Gasteiger partial charge < -0.3 is 11.1 Å². The molecule has 4 nitrogen and oxygen atoms in total. The molecule has 0 unspecified atom stereocenters. The summed E-state index contributed by atoms with van der Waals surface area (Å²) in [5, 5.41) is 3.91. The maximum atomic E-state index is 13.4. The number of hydrogen-bond acceptors (Lipinski definition) is 4. The summed E-state index contributed by atoms with van der Waals surface area (Å²) < 4.78 is 13.4. The molecule has 3 aromatic rings. The monoisotopic (exact) mass is 268 g/mol. The van der Waals surface area contributed by atoms with E-state index in [1.165, 1.54) is 18.5 Å². The molecule has 1 heterocycles. The maximum Gasteiger partial charge on any atom is 0.141 e. The molecule has 0 aliphatic carbocycles. The van der Waals surface area contributed by atoms with Crippen molar-refractivity contribution in [2.45, 2.75) is 6.92 Å². The van der Waals surface area contributed by atoms with Crippen molar-refractivity contribution in [1.29, 1.82) is 0 Å². The van der Waals surface area contributed by atoms with Crippen LogP contribution in [0.25, 0.3) is 10.9 Å². The Bertz CT molecular complexity index is 766. The number of aromatic nitrogens is 2. The standard InChI is InChI=1S/C15H13FN4/c1-9-4-10(16)6-12(5-9)20-15-13-7-11(17)2-3-14(13)18-8-19-15/h2-8H,17H2,1H3,(H,18,19,20). The molecule has 0 radical (unpaired) electrons. The summed E-state index contributed by atoms with van der Waals surface area (Å²) in [6, 6.07) is 10.2. The maximum absolute atomic E-state index is 13.4. The second kappa shape index (κ2) is 4.77. The zero-order chi connectivity index (χ0) is 14.1. The molecular formula is C15H13FN4. The quantitative estimate of drug-likeness (QED) is 0.699. The van der Waals surface area contributed by atoms with Gasteiger partial charge in [0, 0.05) is 16.8 Å². The minimum Gasteiger partial charge on any atom is -0.399 e. The smallest absolute Gasteiger partial charge is 0.141 e. The van der Waals surface area contributed by atoms with E-state index >= 15 is 0 Å². The van der Waals surface area contributed by atoms with E-state index in [-0.39, 0.29) is 5.82 Å². The van der Waals surface area contributed by atoms with Crippen LogP contribution in [-0.4, -0.2) is 9.97 Å². The number of fused-ring (bicyclic) bond motifs is 1. The van der Waals surface area contributed by atoms with Gasteiger partial charge in [-0.3, -0.25) is 0 Å². The molecule has 0 bridgehead atoms. The van der Waals surface area contributed by atoms with Crippen LogP contribution in [0.5, 0.6) is 0 Å². The van der Waals surface area contributed by atoms with Crippen LogP contribution in [0.3, 0.4) is 0 Å². The molecule has 0 amide bonds. The summed E-state index contributed by atoms with van der Waals surface area (Å²) in [7, 11) is 0. The van der Waals surface area contributed by atoms with Gasteiger partial charge in [0.05, 0.1) is 5.52 Å². The van der Waals surface area contributed by atoms with E-state index in [2.05, 4.69) is 15.3 Å². The number of anilines is 3. The van der Waals surface area contributed by atoms with E-state index in [9.17, 15) is 4.39 Å². The molecule has 0 atom stereocenters. The highest BCUT2D eigenvalue weighted by molar-refractivity contribution is 5.92. The van der Waals surface area contributed by atoms with Gasteiger partial charge in [0.2, 0.25) is 0 Å². The van der Waals surface area contributed by atoms with Crippen molar-refractivity contribution >= 4 is 28.1 Å². The van der Waals surface area contributed by atoms with E-state index in [0.717, 1.165) is 16.5 Å². The Balaban J connectivity index is 2.08. The highest BCUT2D eigenvalue weighted by Gasteiger charge is 2.05. The molecule has 1 aromatic heterocycles. The molecule has 0 aliphatic rings. The molecule has 5 heteroatoms. The van der Waals surface area contributed by atoms with Crippen LogP contribution in [0.1, 0.15) is 5.56 Å². The van der Waals surface area contributed by atoms with Crippen molar-refractivity contribution in [3.8, 4) is 0 Å². The summed E-state index contributed by atoms with van der Waals surface area (Å²) in [5.41, 5.74) is 8.69. The molecule has 100 valence electrons. The molecule has 20 heavy (non-hydrogen) atoms. The fourth-order valence-corrected chi connectivity index (χ4v) is 2.12. The number of rotatable bonds is 2. The average Bonchev–Trinajstić information content (AvgIpc) is 2.38. The number of halogens is 1. The third kappa shape index (κ3) is 2.38. The lowest BCUT2D eigenvalue weighted by atomic mass is 10.2. The summed E-state index contributed by atoms with van der Waals surface area (Å²) in [6.45, 7) is 1.84. The van der Waals surface area contributed by atoms with Gasteiger partial charge in [0.1, 0.15) is 18.0 Å². The van der Waals surface area contributed by atoms with Crippen LogP contribution in [-0.2, 0) is 0 Å². The van der Waals surface area contributed by atoms with Crippen LogP contribution in [0.2, 0.25) is 0 Å². The van der Waals surface area contributed by atoms with Crippen molar-refractivity contribution in [2.75, 3.05) is 11.1 Å². The van der Waals surface area contributed by atoms with E-state index in [4.69, 9.17) is 5.73 Å². The summed E-state index contributed by atoms with van der Waals surface area (Å²) in [5.74, 6) is 0.317. The van der Waals surface area contributed by atoms with Crippen molar-refractivity contribution in [1.82, 2.24) is 9.97 Å². The van der Waals surface area contributed by atoms with Crippen LogP contribution < -0.4 is 11.1 Å². The number of aryl methyl sites for hydroxylation is 1. The number of nitrogens with two attached hydrogens (primary N) is 1. The second-order valence-corrected chi connectivity index (χ2v) is 4.64. The molecule has 3 rings (SSSR count). The van der Waals surface area contributed by atoms with Gasteiger partial charge in [-0.25, -0.2) is 14.4 Å². The highest BCUT2D eigenvalue weighted by Crippen LogP contribution is 2.25. The Kier molecular flexibility index (Phi) is 2.95. The number of nitrogens with one attached hydrogen (secondary N) is 1. The topological polar surface area (TPSA) is 63.8 Å². The normalized spacial score (nSPS) is 10.7. The van der Waals surface area contributed by atoms with Gasteiger partial charge in [-0.2, -0.15) is 0 Å². The Morgan fingerprint density at radius 1 is 1.10 bits per heavy atom. The molecular weight excluding hydrogens is 255 g/mol. The highest BCUT2D eigenvalue weighted by atomic mass is 19.1. The van der Waals surface area contributed by atoms with Crippen LogP contribution in [0.15, 0.2) is 42.7 Å². The van der Waals surface area contributed by atoms with Crippen LogP contribution in [0.4, 0.5) is 21.6 Å². The fraction of sp³-hybridized carbons (Fsp3) is 0.0667. The second-order valence-electron chi connectivity index (χ2n) is 4.64. The third-order valence-electron chi connectivity index (χ3n) is 2.96. The Labute approximate surface area is 115 Å². The van der Waals surface area contributed by atoms with Gasteiger partial charge in [-0.1, -0.05) is 0 Å². The molecule has 0 saturated carbocycles. The number of hydrogen-bond donors (Lipinski definition) is 2. The van der Waals surface area contributed by atoms with E-state index in [1.54, 1.807) is 12.1 Å². The summed E-state index contributed by atoms with van der Waals surface area (Å²) in [6.07, 6.45) is 1.47.